The number of anilines is 1. The Balaban J connectivity index is 2.77. The van der Waals surface area contributed by atoms with Gasteiger partial charge in [-0.3, -0.25) is 5.32 Å². The summed E-state index contributed by atoms with van der Waals surface area (Å²) in [6.45, 7) is 15.7. The number of aromatic nitrogens is 1. The van der Waals surface area contributed by atoms with Crippen LogP contribution in [-0.4, -0.2) is 26.1 Å². The van der Waals surface area contributed by atoms with Crippen molar-refractivity contribution in [2.24, 2.45) is 5.73 Å². The van der Waals surface area contributed by atoms with E-state index in [1.165, 1.54) is 0 Å². The Labute approximate surface area is 127 Å². The maximum atomic E-state index is 10.8. The first kappa shape index (κ1) is 17.7. The van der Waals surface area contributed by atoms with E-state index in [2.05, 4.69) is 44.3 Å². The smallest absolute Gasteiger partial charge is 0.319 e. The molecule has 0 fully saturated rings. The van der Waals surface area contributed by atoms with Gasteiger partial charge < -0.3 is 14.7 Å². The number of primary amides is 1. The SMILES string of the molecule is CC(C)(CO[Si](C)(C)C(C)(C)C)c1cc(NC(N)=O)on1. The van der Waals surface area contributed by atoms with E-state index in [1.54, 1.807) is 6.07 Å². The van der Waals surface area contributed by atoms with Gasteiger partial charge in [0.2, 0.25) is 5.88 Å². The van der Waals surface area contributed by atoms with Gasteiger partial charge >= 0.3 is 6.03 Å². The van der Waals surface area contributed by atoms with E-state index in [0.717, 1.165) is 5.69 Å². The summed E-state index contributed by atoms with van der Waals surface area (Å²) in [5.41, 5.74) is 5.47. The lowest BCUT2D eigenvalue weighted by atomic mass is 9.91. The Hall–Kier alpha value is -1.34. The van der Waals surface area contributed by atoms with Crippen LogP contribution in [0.1, 0.15) is 40.3 Å². The van der Waals surface area contributed by atoms with Crippen LogP contribution in [0.2, 0.25) is 18.1 Å². The van der Waals surface area contributed by atoms with Gasteiger partial charge in [0.25, 0.3) is 0 Å². The summed E-state index contributed by atoms with van der Waals surface area (Å²) in [6.07, 6.45) is 0. The molecule has 1 rings (SSSR count). The van der Waals surface area contributed by atoms with Crippen LogP contribution in [0.25, 0.3) is 0 Å². The van der Waals surface area contributed by atoms with Crippen LogP contribution in [0.4, 0.5) is 10.7 Å². The van der Waals surface area contributed by atoms with Crippen molar-refractivity contribution >= 4 is 20.2 Å². The summed E-state index contributed by atoms with van der Waals surface area (Å²) in [7, 11) is -1.82. The molecule has 120 valence electrons. The fourth-order valence-electron chi connectivity index (χ4n) is 1.43. The molecule has 0 bridgehead atoms. The third-order valence-corrected chi connectivity index (χ3v) is 8.53. The van der Waals surface area contributed by atoms with Gasteiger partial charge in [0, 0.05) is 18.1 Å². The zero-order valence-electron chi connectivity index (χ0n) is 14.0. The number of hydrogen-bond donors (Lipinski definition) is 2. The topological polar surface area (TPSA) is 90.4 Å². The number of nitrogens with zero attached hydrogens (tertiary/aromatic N) is 1. The van der Waals surface area contributed by atoms with Gasteiger partial charge in [-0.25, -0.2) is 4.79 Å². The normalized spacial score (nSPS) is 13.3. The third-order valence-electron chi connectivity index (χ3n) is 4.05. The molecule has 0 spiro atoms. The Kier molecular flexibility index (Phi) is 4.89. The van der Waals surface area contributed by atoms with Crippen LogP contribution in [0.15, 0.2) is 10.6 Å². The monoisotopic (exact) mass is 313 g/mol. The molecule has 0 unspecified atom stereocenters. The van der Waals surface area contributed by atoms with Gasteiger partial charge in [-0.1, -0.05) is 39.8 Å². The predicted molar refractivity (Wildman–Crippen MR) is 85.9 cm³/mol. The highest BCUT2D eigenvalue weighted by Crippen LogP contribution is 2.38. The number of hydrogen-bond acceptors (Lipinski definition) is 4. The van der Waals surface area contributed by atoms with E-state index >= 15 is 0 Å². The summed E-state index contributed by atoms with van der Waals surface area (Å²) < 4.78 is 11.3. The van der Waals surface area contributed by atoms with E-state index in [0.29, 0.717) is 6.61 Å². The number of carbonyl (C=O) groups is 1. The molecule has 0 aliphatic rings. The minimum absolute atomic E-state index is 0.158. The Morgan fingerprint density at radius 2 is 1.95 bits per heavy atom. The molecule has 1 aromatic heterocycles. The van der Waals surface area contributed by atoms with Crippen molar-refractivity contribution < 1.29 is 13.7 Å². The average Bonchev–Trinajstić information content (AvgIpc) is 2.73. The number of nitrogens with one attached hydrogen (secondary N) is 1. The zero-order valence-corrected chi connectivity index (χ0v) is 15.0. The Bertz CT molecular complexity index is 504. The molecule has 2 amide bonds. The fourth-order valence-corrected chi connectivity index (χ4v) is 2.58. The molecular formula is C14H27N3O3Si. The molecule has 0 radical (unpaired) electrons. The average molecular weight is 313 g/mol. The van der Waals surface area contributed by atoms with Gasteiger partial charge in [0.1, 0.15) is 0 Å². The second kappa shape index (κ2) is 5.80. The molecule has 6 nitrogen and oxygen atoms in total. The van der Waals surface area contributed by atoms with Crippen LogP contribution < -0.4 is 11.1 Å². The van der Waals surface area contributed by atoms with E-state index in [4.69, 9.17) is 14.7 Å². The fraction of sp³-hybridized carbons (Fsp3) is 0.714. The molecule has 21 heavy (non-hydrogen) atoms. The molecule has 1 aromatic rings. The van der Waals surface area contributed by atoms with Gasteiger partial charge in [0.05, 0.1) is 5.69 Å². The molecule has 1 heterocycles. The lowest BCUT2D eigenvalue weighted by Gasteiger charge is -2.38. The molecule has 0 saturated heterocycles. The summed E-state index contributed by atoms with van der Waals surface area (Å²) >= 11 is 0. The highest BCUT2D eigenvalue weighted by molar-refractivity contribution is 6.74. The van der Waals surface area contributed by atoms with E-state index in [1.807, 2.05) is 13.8 Å². The van der Waals surface area contributed by atoms with Gasteiger partial charge in [-0.2, -0.15) is 0 Å². The Morgan fingerprint density at radius 3 is 2.43 bits per heavy atom. The number of rotatable bonds is 5. The van der Waals surface area contributed by atoms with Crippen molar-refractivity contribution in [3.8, 4) is 0 Å². The number of urea groups is 1. The van der Waals surface area contributed by atoms with Gasteiger partial charge in [-0.05, 0) is 18.1 Å². The molecule has 0 saturated carbocycles. The van der Waals surface area contributed by atoms with E-state index in [9.17, 15) is 4.79 Å². The van der Waals surface area contributed by atoms with Gasteiger partial charge in [-0.15, -0.1) is 0 Å². The largest absolute Gasteiger partial charge is 0.416 e. The molecule has 0 atom stereocenters. The summed E-state index contributed by atoms with van der Waals surface area (Å²) in [5, 5.41) is 6.52. The lowest BCUT2D eigenvalue weighted by Crippen LogP contribution is -2.44. The number of nitrogens with two attached hydrogens (primary N) is 1. The number of amides is 2. The quantitative estimate of drug-likeness (QED) is 0.814. The molecule has 7 heteroatoms. The van der Waals surface area contributed by atoms with E-state index in [-0.39, 0.29) is 16.3 Å². The maximum Gasteiger partial charge on any atom is 0.319 e. The Morgan fingerprint density at radius 1 is 1.38 bits per heavy atom. The van der Waals surface area contributed by atoms with E-state index < -0.39 is 14.3 Å². The molecular weight excluding hydrogens is 286 g/mol. The molecule has 0 aromatic carbocycles. The number of carbonyl (C=O) groups excluding carboxylic acids is 1. The molecule has 0 aliphatic carbocycles. The minimum atomic E-state index is -1.82. The summed E-state index contributed by atoms with van der Waals surface area (Å²) in [6, 6.07) is 1.01. The van der Waals surface area contributed by atoms with Crippen molar-refractivity contribution in [2.45, 2.75) is 58.2 Å². The highest BCUT2D eigenvalue weighted by atomic mass is 28.4. The van der Waals surface area contributed by atoms with Crippen molar-refractivity contribution in [3.63, 3.8) is 0 Å². The summed E-state index contributed by atoms with van der Waals surface area (Å²) in [5.74, 6) is 0.248. The van der Waals surface area contributed by atoms with Crippen LogP contribution in [-0.2, 0) is 9.84 Å². The van der Waals surface area contributed by atoms with Crippen molar-refractivity contribution in [3.05, 3.63) is 11.8 Å². The van der Waals surface area contributed by atoms with Crippen LogP contribution in [0, 0.1) is 0 Å². The van der Waals surface area contributed by atoms with Crippen molar-refractivity contribution in [1.29, 1.82) is 0 Å². The second-order valence-electron chi connectivity index (χ2n) is 7.50. The highest BCUT2D eigenvalue weighted by Gasteiger charge is 2.39. The van der Waals surface area contributed by atoms with Crippen molar-refractivity contribution in [1.82, 2.24) is 5.16 Å². The zero-order chi connectivity index (χ0) is 16.5. The van der Waals surface area contributed by atoms with Crippen LogP contribution in [0.3, 0.4) is 0 Å². The first-order valence-corrected chi connectivity index (χ1v) is 9.94. The second-order valence-corrected chi connectivity index (χ2v) is 12.3. The molecule has 0 aliphatic heterocycles. The first-order chi connectivity index (χ1) is 9.35. The third kappa shape index (κ3) is 4.57. The van der Waals surface area contributed by atoms with Crippen molar-refractivity contribution in [2.75, 3.05) is 11.9 Å². The minimum Gasteiger partial charge on any atom is -0.416 e. The standard InChI is InChI=1S/C14H27N3O3Si/c1-13(2,3)21(6,7)19-9-14(4,5)10-8-11(20-17-10)16-12(15)18/h8H,9H2,1-7H3,(H3,15,16,18). The van der Waals surface area contributed by atoms with Crippen LogP contribution >= 0.6 is 0 Å². The van der Waals surface area contributed by atoms with Gasteiger partial charge in [0.15, 0.2) is 8.32 Å². The predicted octanol–water partition coefficient (Wildman–Crippen LogP) is 3.46. The lowest BCUT2D eigenvalue weighted by molar-refractivity contribution is 0.213. The molecule has 3 N–H and O–H groups in total. The summed E-state index contributed by atoms with van der Waals surface area (Å²) in [4.78, 5) is 10.8. The first-order valence-electron chi connectivity index (χ1n) is 7.03. The maximum absolute atomic E-state index is 10.8. The van der Waals surface area contributed by atoms with Crippen LogP contribution in [0.5, 0.6) is 0 Å².